The van der Waals surface area contributed by atoms with Crippen LogP contribution in [-0.2, 0) is 9.53 Å². The molecular weight excluding hydrogens is 198 g/mol. The molecule has 1 rings (SSSR count). The van der Waals surface area contributed by atoms with Crippen molar-refractivity contribution in [2.75, 3.05) is 0 Å². The van der Waals surface area contributed by atoms with Crippen LogP contribution in [-0.4, -0.2) is 23.1 Å². The second-order valence-electron chi connectivity index (χ2n) is 4.74. The number of nitrogens with two attached hydrogens (primary N) is 1. The fourth-order valence-corrected chi connectivity index (χ4v) is 0.898. The van der Waals surface area contributed by atoms with E-state index >= 15 is 0 Å². The molecule has 0 radical (unpaired) electrons. The summed E-state index contributed by atoms with van der Waals surface area (Å²) in [5.74, 6) is -0.381. The number of amides is 2. The van der Waals surface area contributed by atoms with Gasteiger partial charge >= 0.3 is 6.09 Å². The zero-order valence-corrected chi connectivity index (χ0v) is 9.22. The lowest BCUT2D eigenvalue weighted by atomic mass is 10.2. The molecule has 0 spiro atoms. The van der Waals surface area contributed by atoms with Crippen molar-refractivity contribution in [1.82, 2.24) is 10.9 Å². The molecule has 0 atom stereocenters. The monoisotopic (exact) mass is 215 g/mol. The van der Waals surface area contributed by atoms with Crippen molar-refractivity contribution in [3.05, 3.63) is 0 Å². The number of rotatable bonds is 1. The Labute approximate surface area is 88.5 Å². The molecule has 1 fully saturated rings. The van der Waals surface area contributed by atoms with Gasteiger partial charge in [0.05, 0.1) is 5.54 Å². The van der Waals surface area contributed by atoms with Crippen LogP contribution in [0.1, 0.15) is 33.6 Å². The number of nitrogens with one attached hydrogen (secondary N) is 2. The molecule has 1 aliphatic rings. The molecule has 0 unspecified atom stereocenters. The summed E-state index contributed by atoms with van der Waals surface area (Å²) in [4.78, 5) is 22.4. The van der Waals surface area contributed by atoms with Gasteiger partial charge in [0.25, 0.3) is 5.91 Å². The minimum Gasteiger partial charge on any atom is -0.443 e. The molecule has 86 valence electrons. The minimum absolute atomic E-state index is 0.381. The Morgan fingerprint density at radius 1 is 1.27 bits per heavy atom. The molecule has 1 aliphatic carbocycles. The van der Waals surface area contributed by atoms with Gasteiger partial charge in [0.15, 0.2) is 0 Å². The summed E-state index contributed by atoms with van der Waals surface area (Å²) < 4.78 is 4.92. The molecule has 0 aromatic rings. The number of ether oxygens (including phenoxy) is 1. The Balaban J connectivity index is 2.25. The highest BCUT2D eigenvalue weighted by molar-refractivity contribution is 5.90. The van der Waals surface area contributed by atoms with E-state index in [-0.39, 0.29) is 5.91 Å². The molecule has 0 bridgehead atoms. The molecule has 0 heterocycles. The van der Waals surface area contributed by atoms with Crippen molar-refractivity contribution in [2.24, 2.45) is 5.73 Å². The van der Waals surface area contributed by atoms with Crippen molar-refractivity contribution in [1.29, 1.82) is 0 Å². The second-order valence-corrected chi connectivity index (χ2v) is 4.74. The zero-order chi connectivity index (χ0) is 11.7. The summed E-state index contributed by atoms with van der Waals surface area (Å²) in [5, 5.41) is 0. The number of carbonyl (C=O) groups is 2. The average Bonchev–Trinajstić information content (AvgIpc) is 2.77. The van der Waals surface area contributed by atoms with E-state index in [9.17, 15) is 9.59 Å². The fourth-order valence-electron chi connectivity index (χ4n) is 0.898. The van der Waals surface area contributed by atoms with E-state index in [4.69, 9.17) is 10.5 Å². The van der Waals surface area contributed by atoms with Crippen molar-refractivity contribution >= 4 is 12.0 Å². The first-order valence-electron chi connectivity index (χ1n) is 4.81. The van der Waals surface area contributed by atoms with Crippen LogP contribution in [0.3, 0.4) is 0 Å². The van der Waals surface area contributed by atoms with Gasteiger partial charge in [-0.15, -0.1) is 0 Å². The zero-order valence-electron chi connectivity index (χ0n) is 9.22. The van der Waals surface area contributed by atoms with Gasteiger partial charge in [-0.05, 0) is 33.6 Å². The first-order chi connectivity index (χ1) is 6.73. The maximum absolute atomic E-state index is 11.3. The van der Waals surface area contributed by atoms with Crippen molar-refractivity contribution in [3.63, 3.8) is 0 Å². The lowest BCUT2D eigenvalue weighted by Crippen LogP contribution is -2.51. The second kappa shape index (κ2) is 3.69. The van der Waals surface area contributed by atoms with E-state index in [2.05, 4.69) is 10.9 Å². The van der Waals surface area contributed by atoms with Gasteiger partial charge in [-0.3, -0.25) is 10.2 Å². The number of carbonyl (C=O) groups excluding carboxylic acids is 2. The van der Waals surface area contributed by atoms with Crippen molar-refractivity contribution in [2.45, 2.75) is 44.8 Å². The first-order valence-corrected chi connectivity index (χ1v) is 4.81. The molecule has 0 aromatic heterocycles. The van der Waals surface area contributed by atoms with E-state index in [1.54, 1.807) is 20.8 Å². The van der Waals surface area contributed by atoms with Crippen LogP contribution in [0.5, 0.6) is 0 Å². The Kier molecular flexibility index (Phi) is 2.90. The average molecular weight is 215 g/mol. The molecular formula is C9H17N3O3. The summed E-state index contributed by atoms with van der Waals surface area (Å²) in [6.07, 6.45) is 0.601. The van der Waals surface area contributed by atoms with Gasteiger partial charge in [0.2, 0.25) is 0 Å². The normalized spacial score (nSPS) is 17.9. The summed E-state index contributed by atoms with van der Waals surface area (Å²) in [7, 11) is 0. The first kappa shape index (κ1) is 11.8. The van der Waals surface area contributed by atoms with Gasteiger partial charge in [0.1, 0.15) is 5.60 Å². The Morgan fingerprint density at radius 3 is 2.20 bits per heavy atom. The Bertz CT molecular complexity index is 279. The molecule has 0 aromatic carbocycles. The third-order valence-electron chi connectivity index (χ3n) is 1.92. The third-order valence-corrected chi connectivity index (χ3v) is 1.92. The van der Waals surface area contributed by atoms with Gasteiger partial charge in [0, 0.05) is 0 Å². The predicted octanol–water partition coefficient (Wildman–Crippen LogP) is 0.0336. The van der Waals surface area contributed by atoms with E-state index in [1.807, 2.05) is 0 Å². The van der Waals surface area contributed by atoms with Crippen molar-refractivity contribution in [3.8, 4) is 0 Å². The molecule has 6 heteroatoms. The van der Waals surface area contributed by atoms with E-state index in [0.717, 1.165) is 0 Å². The highest BCUT2D eigenvalue weighted by Gasteiger charge is 2.46. The topological polar surface area (TPSA) is 93.5 Å². The van der Waals surface area contributed by atoms with E-state index in [1.165, 1.54) is 0 Å². The largest absolute Gasteiger partial charge is 0.443 e. The lowest BCUT2D eigenvalue weighted by Gasteiger charge is -2.20. The summed E-state index contributed by atoms with van der Waals surface area (Å²) in [5.41, 5.74) is 8.58. The highest BCUT2D eigenvalue weighted by atomic mass is 16.6. The predicted molar refractivity (Wildman–Crippen MR) is 53.7 cm³/mol. The van der Waals surface area contributed by atoms with Crippen LogP contribution in [0.25, 0.3) is 0 Å². The summed E-state index contributed by atoms with van der Waals surface area (Å²) in [6, 6.07) is 0. The highest BCUT2D eigenvalue weighted by Crippen LogP contribution is 2.31. The molecule has 15 heavy (non-hydrogen) atoms. The summed E-state index contributed by atoms with van der Waals surface area (Å²) in [6.45, 7) is 5.21. The molecule has 4 N–H and O–H groups in total. The molecule has 6 nitrogen and oxygen atoms in total. The number of hydrogen-bond acceptors (Lipinski definition) is 4. The van der Waals surface area contributed by atoms with Gasteiger partial charge < -0.3 is 10.5 Å². The van der Waals surface area contributed by atoms with Crippen LogP contribution in [0.15, 0.2) is 0 Å². The standard InChI is InChI=1S/C9H17N3O3/c1-8(2,3)15-7(14)12-11-6(13)9(10)4-5-9/h4-5,10H2,1-3H3,(H,11,13)(H,12,14). The van der Waals surface area contributed by atoms with Crippen LogP contribution < -0.4 is 16.6 Å². The fraction of sp³-hybridized carbons (Fsp3) is 0.778. The van der Waals surface area contributed by atoms with E-state index < -0.39 is 17.2 Å². The maximum atomic E-state index is 11.3. The van der Waals surface area contributed by atoms with Crippen molar-refractivity contribution < 1.29 is 14.3 Å². The van der Waals surface area contributed by atoms with Gasteiger partial charge in [-0.2, -0.15) is 0 Å². The maximum Gasteiger partial charge on any atom is 0.426 e. The smallest absolute Gasteiger partial charge is 0.426 e. The molecule has 0 aliphatic heterocycles. The minimum atomic E-state index is -0.797. The lowest BCUT2D eigenvalue weighted by molar-refractivity contribution is -0.124. The molecule has 0 saturated heterocycles. The number of hydrazine groups is 1. The van der Waals surface area contributed by atoms with Gasteiger partial charge in [-0.25, -0.2) is 10.2 Å². The molecule has 1 saturated carbocycles. The number of hydrogen-bond donors (Lipinski definition) is 3. The van der Waals surface area contributed by atoms with Gasteiger partial charge in [-0.1, -0.05) is 0 Å². The van der Waals surface area contributed by atoms with Crippen LogP contribution >= 0.6 is 0 Å². The van der Waals surface area contributed by atoms with Crippen LogP contribution in [0.4, 0.5) is 4.79 Å². The Morgan fingerprint density at radius 2 is 1.80 bits per heavy atom. The Hall–Kier alpha value is -1.30. The molecule has 2 amide bonds. The van der Waals surface area contributed by atoms with Crippen LogP contribution in [0.2, 0.25) is 0 Å². The van der Waals surface area contributed by atoms with Crippen LogP contribution in [0, 0.1) is 0 Å². The quantitative estimate of drug-likeness (QED) is 0.538. The van der Waals surface area contributed by atoms with E-state index in [0.29, 0.717) is 12.8 Å². The SMILES string of the molecule is CC(C)(C)OC(=O)NNC(=O)C1(N)CC1. The third kappa shape index (κ3) is 3.75. The summed E-state index contributed by atoms with van der Waals surface area (Å²) >= 11 is 0.